The molecule has 0 amide bonds. The smallest absolute Gasteiger partial charge is 0.270 e. The van der Waals surface area contributed by atoms with Gasteiger partial charge in [0, 0.05) is 12.1 Å². The fraction of sp³-hybridized carbons (Fsp3) is 0.0500. The third-order valence-electron chi connectivity index (χ3n) is 4.02. The minimum absolute atomic E-state index is 0.0789. The van der Waals surface area contributed by atoms with Crippen LogP contribution in [0.15, 0.2) is 82.8 Å². The van der Waals surface area contributed by atoms with Gasteiger partial charge in [-0.25, -0.2) is 8.42 Å². The average molecular weight is 426 g/mol. The molecule has 0 heterocycles. The molecular weight excluding hydrogens is 408 g/mol. The molecule has 2 N–H and O–H groups in total. The van der Waals surface area contributed by atoms with E-state index in [1.807, 2.05) is 30.3 Å². The van der Waals surface area contributed by atoms with E-state index in [1.165, 1.54) is 31.5 Å². The SMILES string of the molecule is COc1ccccc1NS(=O)(=O)c1cc([N+](=O)[O-])ccc1N/N=C\c1ccccc1. The molecule has 3 rings (SSSR count). The first-order chi connectivity index (χ1) is 14.4. The molecule has 0 saturated carbocycles. The van der Waals surface area contributed by atoms with Gasteiger partial charge in [-0.05, 0) is 23.8 Å². The molecule has 0 radical (unpaired) electrons. The predicted molar refractivity (Wildman–Crippen MR) is 115 cm³/mol. The Balaban J connectivity index is 1.97. The standard InChI is InChI=1S/C20H18N4O5S/c1-29-19-10-6-5-9-17(19)23-30(27,28)20-13-16(24(25)26)11-12-18(20)22-21-14-15-7-3-2-4-8-15/h2-14,22-23H,1H3/b21-14-. The van der Waals surface area contributed by atoms with Crippen LogP contribution in [0.25, 0.3) is 0 Å². The van der Waals surface area contributed by atoms with Crippen LogP contribution in [0, 0.1) is 10.1 Å². The van der Waals surface area contributed by atoms with Crippen molar-refractivity contribution < 1.29 is 18.1 Å². The number of non-ortho nitro benzene ring substituents is 1. The summed E-state index contributed by atoms with van der Waals surface area (Å²) in [4.78, 5) is 10.2. The second-order valence-corrected chi connectivity index (χ2v) is 7.67. The van der Waals surface area contributed by atoms with E-state index in [2.05, 4.69) is 15.2 Å². The summed E-state index contributed by atoms with van der Waals surface area (Å²) >= 11 is 0. The first-order valence-electron chi connectivity index (χ1n) is 8.69. The zero-order valence-electron chi connectivity index (χ0n) is 15.8. The number of anilines is 2. The topological polar surface area (TPSA) is 123 Å². The van der Waals surface area contributed by atoms with Gasteiger partial charge in [0.2, 0.25) is 0 Å². The zero-order valence-corrected chi connectivity index (χ0v) is 16.7. The number of benzene rings is 3. The lowest BCUT2D eigenvalue weighted by molar-refractivity contribution is -0.385. The van der Waals surface area contributed by atoms with Crippen LogP contribution >= 0.6 is 0 Å². The van der Waals surface area contributed by atoms with Crippen molar-refractivity contribution in [1.29, 1.82) is 0 Å². The molecule has 9 nitrogen and oxygen atoms in total. The lowest BCUT2D eigenvalue weighted by Gasteiger charge is -2.14. The maximum absolute atomic E-state index is 13.0. The summed E-state index contributed by atoms with van der Waals surface area (Å²) in [7, 11) is -2.79. The van der Waals surface area contributed by atoms with Crippen LogP contribution in [0.5, 0.6) is 5.75 Å². The normalized spacial score (nSPS) is 11.2. The van der Waals surface area contributed by atoms with Gasteiger partial charge in [-0.2, -0.15) is 5.10 Å². The second kappa shape index (κ2) is 9.05. The number of sulfonamides is 1. The molecule has 0 saturated heterocycles. The molecule has 0 aliphatic rings. The molecule has 0 aromatic heterocycles. The van der Waals surface area contributed by atoms with Gasteiger partial charge >= 0.3 is 0 Å². The van der Waals surface area contributed by atoms with Crippen molar-refractivity contribution in [2.24, 2.45) is 5.10 Å². The highest BCUT2D eigenvalue weighted by atomic mass is 32.2. The van der Waals surface area contributed by atoms with Crippen LogP contribution in [0.4, 0.5) is 17.1 Å². The van der Waals surface area contributed by atoms with Gasteiger partial charge in [-0.3, -0.25) is 20.3 Å². The van der Waals surface area contributed by atoms with Crippen LogP contribution in [0.3, 0.4) is 0 Å². The minimum atomic E-state index is -4.20. The number of hydrogen-bond donors (Lipinski definition) is 2. The van der Waals surface area contributed by atoms with Gasteiger partial charge in [-0.1, -0.05) is 42.5 Å². The number of rotatable bonds is 8. The van der Waals surface area contributed by atoms with Gasteiger partial charge < -0.3 is 4.74 Å². The van der Waals surface area contributed by atoms with Crippen molar-refractivity contribution in [3.05, 3.63) is 88.5 Å². The number of nitrogens with one attached hydrogen (secondary N) is 2. The van der Waals surface area contributed by atoms with Crippen LogP contribution in [-0.2, 0) is 10.0 Å². The van der Waals surface area contributed by atoms with E-state index < -0.39 is 14.9 Å². The highest BCUT2D eigenvalue weighted by Gasteiger charge is 2.23. The zero-order chi connectivity index (χ0) is 21.6. The van der Waals surface area contributed by atoms with Gasteiger partial charge in [0.25, 0.3) is 15.7 Å². The number of hydrazone groups is 1. The van der Waals surface area contributed by atoms with Gasteiger partial charge in [0.05, 0.1) is 29.6 Å². The first-order valence-corrected chi connectivity index (χ1v) is 10.2. The molecule has 30 heavy (non-hydrogen) atoms. The summed E-state index contributed by atoms with van der Waals surface area (Å²) in [6, 6.07) is 19.1. The third kappa shape index (κ3) is 4.92. The van der Waals surface area contributed by atoms with Gasteiger partial charge in [0.1, 0.15) is 10.6 Å². The maximum atomic E-state index is 13.0. The van der Waals surface area contributed by atoms with Crippen LogP contribution in [0.2, 0.25) is 0 Å². The highest BCUT2D eigenvalue weighted by Crippen LogP contribution is 2.31. The van der Waals surface area contributed by atoms with Crippen molar-refractivity contribution in [1.82, 2.24) is 0 Å². The number of nitro groups is 1. The molecule has 0 unspecified atom stereocenters. The molecular formula is C20H18N4O5S. The fourth-order valence-corrected chi connectivity index (χ4v) is 3.83. The Morgan fingerprint density at radius 1 is 1.00 bits per heavy atom. The Morgan fingerprint density at radius 2 is 1.70 bits per heavy atom. The lowest BCUT2D eigenvalue weighted by Crippen LogP contribution is -2.15. The van der Waals surface area contributed by atoms with Crippen molar-refractivity contribution >= 4 is 33.3 Å². The summed E-state index contributed by atoms with van der Waals surface area (Å²) in [6.45, 7) is 0. The molecule has 10 heteroatoms. The van der Waals surface area contributed by atoms with Gasteiger partial charge in [-0.15, -0.1) is 0 Å². The molecule has 3 aromatic carbocycles. The van der Waals surface area contributed by atoms with E-state index in [4.69, 9.17) is 4.74 Å². The van der Waals surface area contributed by atoms with E-state index in [-0.39, 0.29) is 22.0 Å². The average Bonchev–Trinajstić information content (AvgIpc) is 2.74. The first kappa shape index (κ1) is 20.8. The molecule has 0 spiro atoms. The van der Waals surface area contributed by atoms with E-state index in [0.717, 1.165) is 11.6 Å². The van der Waals surface area contributed by atoms with Gasteiger partial charge in [0.15, 0.2) is 0 Å². The Bertz CT molecular complexity index is 1180. The molecule has 0 fully saturated rings. The van der Waals surface area contributed by atoms with Crippen LogP contribution < -0.4 is 14.9 Å². The van der Waals surface area contributed by atoms with E-state index in [1.54, 1.807) is 18.2 Å². The number of methoxy groups -OCH3 is 1. The monoisotopic (exact) mass is 426 g/mol. The summed E-state index contributed by atoms with van der Waals surface area (Å²) in [5.41, 5.74) is 3.35. The summed E-state index contributed by atoms with van der Waals surface area (Å²) in [5, 5.41) is 15.2. The predicted octanol–water partition coefficient (Wildman–Crippen LogP) is 3.85. The number of ether oxygens (including phenoxy) is 1. The fourth-order valence-electron chi connectivity index (χ4n) is 2.58. The van der Waals surface area contributed by atoms with E-state index >= 15 is 0 Å². The summed E-state index contributed by atoms with van der Waals surface area (Å²) in [6.07, 6.45) is 1.51. The second-order valence-electron chi connectivity index (χ2n) is 6.02. The quantitative estimate of drug-likeness (QED) is 0.320. The number of nitro benzene ring substituents is 1. The Labute approximate surface area is 173 Å². The lowest BCUT2D eigenvalue weighted by atomic mass is 10.2. The summed E-state index contributed by atoms with van der Waals surface area (Å²) < 4.78 is 33.6. The molecule has 0 bridgehead atoms. The number of nitrogens with zero attached hydrogens (tertiary/aromatic N) is 2. The Kier molecular flexibility index (Phi) is 6.28. The van der Waals surface area contributed by atoms with Crippen LogP contribution in [0.1, 0.15) is 5.56 Å². The molecule has 154 valence electrons. The van der Waals surface area contributed by atoms with E-state index in [9.17, 15) is 18.5 Å². The molecule has 3 aromatic rings. The van der Waals surface area contributed by atoms with E-state index in [0.29, 0.717) is 5.75 Å². The van der Waals surface area contributed by atoms with Crippen molar-refractivity contribution in [3.63, 3.8) is 0 Å². The molecule has 0 aliphatic heterocycles. The highest BCUT2D eigenvalue weighted by molar-refractivity contribution is 7.93. The molecule has 0 aliphatic carbocycles. The maximum Gasteiger partial charge on any atom is 0.270 e. The largest absolute Gasteiger partial charge is 0.495 e. The Morgan fingerprint density at radius 3 is 2.40 bits per heavy atom. The van der Waals surface area contributed by atoms with Crippen molar-refractivity contribution in [3.8, 4) is 5.75 Å². The minimum Gasteiger partial charge on any atom is -0.495 e. The van der Waals surface area contributed by atoms with Crippen molar-refractivity contribution in [2.45, 2.75) is 4.90 Å². The summed E-state index contributed by atoms with van der Waals surface area (Å²) in [5.74, 6) is 0.308. The number of hydrogen-bond acceptors (Lipinski definition) is 7. The van der Waals surface area contributed by atoms with Crippen LogP contribution in [-0.4, -0.2) is 26.7 Å². The Hall–Kier alpha value is -3.92. The van der Waals surface area contributed by atoms with Crippen molar-refractivity contribution in [2.75, 3.05) is 17.3 Å². The number of para-hydroxylation sites is 2. The molecule has 0 atom stereocenters. The third-order valence-corrected chi connectivity index (χ3v) is 5.42.